The lowest BCUT2D eigenvalue weighted by Gasteiger charge is -2.26. The maximum atomic E-state index is 13.0. The molecule has 2 unspecified atom stereocenters. The summed E-state index contributed by atoms with van der Waals surface area (Å²) in [5.74, 6) is -2.27. The van der Waals surface area contributed by atoms with E-state index in [1.54, 1.807) is 0 Å². The summed E-state index contributed by atoms with van der Waals surface area (Å²) in [4.78, 5) is 37.7. The molecule has 0 aromatic carbocycles. The number of quaternary nitrogens is 1. The van der Waals surface area contributed by atoms with Gasteiger partial charge in [-0.2, -0.15) is 0 Å². The maximum absolute atomic E-state index is 13.0. The average molecular weight is 1400 g/mol. The fourth-order valence-electron chi connectivity index (χ4n) is 11.5. The van der Waals surface area contributed by atoms with Crippen molar-refractivity contribution in [2.75, 3.05) is 47.5 Å². The van der Waals surface area contributed by atoms with Crippen molar-refractivity contribution in [3.63, 3.8) is 0 Å². The number of nitrogens with zero attached hydrogens (tertiary/aromatic N) is 1. The van der Waals surface area contributed by atoms with E-state index in [-0.39, 0.29) is 38.6 Å². The third-order valence-electron chi connectivity index (χ3n) is 17.8. The lowest BCUT2D eigenvalue weighted by atomic mass is 10.0. The zero-order valence-corrected chi connectivity index (χ0v) is 66.0. The summed E-state index contributed by atoms with van der Waals surface area (Å²) in [6.07, 6.45) is 117. The summed E-state index contributed by atoms with van der Waals surface area (Å²) in [6, 6.07) is 0. The highest BCUT2D eigenvalue weighted by Crippen LogP contribution is 2.19. The van der Waals surface area contributed by atoms with Crippen LogP contribution < -0.4 is 5.11 Å². The highest BCUT2D eigenvalue weighted by Gasteiger charge is 2.22. The number of ether oxygens (including phenoxy) is 4. The minimum absolute atomic E-state index is 0.144. The largest absolute Gasteiger partial charge is 0.545 e. The Bertz CT molecular complexity index is 2230. The molecule has 0 N–H and O–H groups in total. The first kappa shape index (κ1) is 95.9. The van der Waals surface area contributed by atoms with Gasteiger partial charge in [-0.3, -0.25) is 9.59 Å². The van der Waals surface area contributed by atoms with E-state index in [1.807, 2.05) is 21.1 Å². The molecule has 0 aliphatic carbocycles. The number of allylic oxidation sites excluding steroid dienone is 26. The van der Waals surface area contributed by atoms with Crippen LogP contribution in [-0.4, -0.2) is 82.3 Å². The van der Waals surface area contributed by atoms with Gasteiger partial charge < -0.3 is 33.3 Å². The van der Waals surface area contributed by atoms with Gasteiger partial charge in [0, 0.05) is 12.8 Å². The summed E-state index contributed by atoms with van der Waals surface area (Å²) >= 11 is 0. The number of unbranched alkanes of at least 4 members (excludes halogenated alkanes) is 35. The molecule has 0 saturated carbocycles. The molecule has 2 atom stereocenters. The second-order valence-electron chi connectivity index (χ2n) is 28.7. The average Bonchev–Trinajstić information content (AvgIpc) is 1.21. The van der Waals surface area contributed by atoms with Gasteiger partial charge in [-0.15, -0.1) is 0 Å². The highest BCUT2D eigenvalue weighted by molar-refractivity contribution is 5.70. The molecule has 0 aliphatic rings. The molecule has 0 radical (unpaired) electrons. The Balaban J connectivity index is 4.02. The Morgan fingerprint density at radius 1 is 0.297 bits per heavy atom. The van der Waals surface area contributed by atoms with Crippen molar-refractivity contribution in [2.24, 2.45) is 0 Å². The Morgan fingerprint density at radius 2 is 0.535 bits per heavy atom. The molecule has 0 heterocycles. The summed E-state index contributed by atoms with van der Waals surface area (Å²) < 4.78 is 22.9. The van der Waals surface area contributed by atoms with E-state index in [0.717, 1.165) is 122 Å². The van der Waals surface area contributed by atoms with Gasteiger partial charge in [-0.25, -0.2) is 0 Å². The molecule has 0 aliphatic heterocycles. The molecule has 0 fully saturated rings. The summed E-state index contributed by atoms with van der Waals surface area (Å²) in [6.45, 7) is 4.55. The van der Waals surface area contributed by atoms with E-state index in [4.69, 9.17) is 18.9 Å². The Morgan fingerprint density at radius 3 is 0.792 bits per heavy atom. The van der Waals surface area contributed by atoms with Crippen LogP contribution in [0.4, 0.5) is 0 Å². The molecule has 9 nitrogen and oxygen atoms in total. The number of carbonyl (C=O) groups is 3. The SMILES string of the molecule is CC/C=C\C/C=C\C/C=C\C/C=C\C/C=C\C/C=C\C/C=C\C/C=C\CCCCCCCCCCCCCCCCCCC(=O)OC(COC(=O)CCCCCCCCCCCCCCCCCCCCC/C=C\C/C=C\C/C=C\C/C=C\C/C=C\CC)COC(OCC[N+](C)(C)C)C(=O)[O-]. The first-order valence-electron chi connectivity index (χ1n) is 41.6. The molecule has 0 amide bonds. The van der Waals surface area contributed by atoms with Crippen molar-refractivity contribution in [1.29, 1.82) is 0 Å². The van der Waals surface area contributed by atoms with Crippen LogP contribution in [0, 0.1) is 0 Å². The van der Waals surface area contributed by atoms with Gasteiger partial charge in [-0.1, -0.05) is 371 Å². The number of hydrogen-bond donors (Lipinski definition) is 0. The molecule has 576 valence electrons. The first-order chi connectivity index (χ1) is 49.6. The van der Waals surface area contributed by atoms with Crippen LogP contribution in [-0.2, 0) is 33.3 Å². The molecule has 0 rings (SSSR count). The summed E-state index contributed by atoms with van der Waals surface area (Å²) in [5, 5.41) is 11.9. The van der Waals surface area contributed by atoms with E-state index in [0.29, 0.717) is 17.4 Å². The Kier molecular flexibility index (Phi) is 76.5. The molecule has 0 spiro atoms. The number of carbonyl (C=O) groups excluding carboxylic acids is 3. The standard InChI is InChI=1S/C92H155NO8/c1-6-8-10-12-14-16-18-20-22-24-26-28-30-32-34-36-38-40-42-43-44-45-46-47-49-51-53-55-57-59-61-63-65-67-69-71-73-75-77-79-81-83-90(95)101-88(87-100-92(91(96)97)98-85-84-93(3,4)5)86-99-89(94)82-80-78-76-74-72-70-68-66-64-62-60-58-56-54-52-50-48-41-39-37-35-33-31-29-27-25-23-21-19-17-15-13-11-9-7-2/h8-11,14-17,20-23,26-29,32-35,38,40,43-44,46-47,88,92H,6-7,12-13,18-19,24-25,30-31,36-37,39,41-42,45,48-87H2,1-5H3/b10-8-,11-9-,16-14-,17-15-,22-20-,23-21-,28-26-,29-27-,34-32-,35-33-,40-38-,44-43-,47-46-. The van der Waals surface area contributed by atoms with E-state index in [1.165, 1.54) is 193 Å². The van der Waals surface area contributed by atoms with Crippen LogP contribution in [0.5, 0.6) is 0 Å². The van der Waals surface area contributed by atoms with Crippen molar-refractivity contribution >= 4 is 17.9 Å². The lowest BCUT2D eigenvalue weighted by Crippen LogP contribution is -2.44. The molecule has 0 aromatic rings. The second-order valence-corrected chi connectivity index (χ2v) is 28.7. The van der Waals surface area contributed by atoms with E-state index in [9.17, 15) is 19.5 Å². The number of carboxylic acids is 1. The van der Waals surface area contributed by atoms with Gasteiger partial charge in [0.25, 0.3) is 0 Å². The molecule has 9 heteroatoms. The van der Waals surface area contributed by atoms with Gasteiger partial charge in [0.05, 0.1) is 40.3 Å². The van der Waals surface area contributed by atoms with Crippen molar-refractivity contribution in [2.45, 2.75) is 360 Å². The summed E-state index contributed by atoms with van der Waals surface area (Å²) in [5.41, 5.74) is 0. The van der Waals surface area contributed by atoms with E-state index >= 15 is 0 Å². The van der Waals surface area contributed by atoms with Crippen LogP contribution in [0.2, 0.25) is 0 Å². The van der Waals surface area contributed by atoms with E-state index in [2.05, 4.69) is 172 Å². The van der Waals surface area contributed by atoms with Crippen LogP contribution in [0.25, 0.3) is 0 Å². The number of hydrogen-bond acceptors (Lipinski definition) is 8. The number of esters is 2. The minimum Gasteiger partial charge on any atom is -0.545 e. The zero-order valence-electron chi connectivity index (χ0n) is 66.0. The predicted molar refractivity (Wildman–Crippen MR) is 435 cm³/mol. The van der Waals surface area contributed by atoms with Crippen LogP contribution in [0.15, 0.2) is 158 Å². The Labute approximate surface area is 623 Å². The molecule has 0 bridgehead atoms. The van der Waals surface area contributed by atoms with Gasteiger partial charge in [0.15, 0.2) is 12.4 Å². The smallest absolute Gasteiger partial charge is 0.306 e. The molecule has 101 heavy (non-hydrogen) atoms. The molecular formula is C92H155NO8. The van der Waals surface area contributed by atoms with Gasteiger partial charge >= 0.3 is 11.9 Å². The van der Waals surface area contributed by atoms with Gasteiger partial charge in [0.2, 0.25) is 0 Å². The zero-order chi connectivity index (χ0) is 73.2. The second kappa shape index (κ2) is 80.6. The maximum Gasteiger partial charge on any atom is 0.306 e. The van der Waals surface area contributed by atoms with Crippen molar-refractivity contribution in [3.8, 4) is 0 Å². The Hall–Kier alpha value is -5.09. The molecular weight excluding hydrogens is 1250 g/mol. The van der Waals surface area contributed by atoms with E-state index < -0.39 is 24.3 Å². The van der Waals surface area contributed by atoms with Gasteiger partial charge in [0.1, 0.15) is 13.2 Å². The van der Waals surface area contributed by atoms with Crippen LogP contribution >= 0.6 is 0 Å². The third kappa shape index (κ3) is 82.1. The lowest BCUT2D eigenvalue weighted by molar-refractivity contribution is -0.870. The van der Waals surface area contributed by atoms with Crippen molar-refractivity contribution in [1.82, 2.24) is 0 Å². The normalized spacial score (nSPS) is 13.5. The van der Waals surface area contributed by atoms with Crippen molar-refractivity contribution in [3.05, 3.63) is 158 Å². The first-order valence-corrected chi connectivity index (χ1v) is 41.6. The van der Waals surface area contributed by atoms with Crippen LogP contribution in [0.3, 0.4) is 0 Å². The topological polar surface area (TPSA) is 111 Å². The fourth-order valence-corrected chi connectivity index (χ4v) is 11.5. The monoisotopic (exact) mass is 1400 g/mol. The fraction of sp³-hybridized carbons (Fsp3) is 0.685. The van der Waals surface area contributed by atoms with Crippen molar-refractivity contribution < 1.29 is 42.9 Å². The number of carboxylic acid groups (broad SMARTS) is 1. The number of likely N-dealkylation sites (N-methyl/N-ethyl adjacent to an activating group) is 1. The third-order valence-corrected chi connectivity index (χ3v) is 17.8. The molecule has 0 saturated heterocycles. The van der Waals surface area contributed by atoms with Crippen LogP contribution in [0.1, 0.15) is 348 Å². The predicted octanol–water partition coefficient (Wildman–Crippen LogP) is 25.8. The number of aliphatic carboxylic acids is 1. The highest BCUT2D eigenvalue weighted by atomic mass is 16.7. The summed E-state index contributed by atoms with van der Waals surface area (Å²) in [7, 11) is 5.94. The molecule has 0 aromatic heterocycles. The van der Waals surface area contributed by atoms with Gasteiger partial charge in [-0.05, 0) is 122 Å². The minimum atomic E-state index is -1.63. The number of rotatable bonds is 76. The quantitative estimate of drug-likeness (QED) is 0.0195.